The van der Waals surface area contributed by atoms with Gasteiger partial charge in [-0.05, 0) is 18.6 Å². The molecule has 1 N–H and O–H groups in total. The quantitative estimate of drug-likeness (QED) is 0.921. The second-order valence-corrected chi connectivity index (χ2v) is 5.76. The van der Waals surface area contributed by atoms with Crippen LogP contribution in [0.1, 0.15) is 27.7 Å². The van der Waals surface area contributed by atoms with Crippen molar-refractivity contribution in [2.75, 3.05) is 20.2 Å². The molecule has 126 valence electrons. The Morgan fingerprint density at radius 3 is 2.71 bits per heavy atom. The van der Waals surface area contributed by atoms with E-state index in [-0.39, 0.29) is 24.1 Å². The SMILES string of the molecule is COc1ccccc1[C@@H]1CN(C(=O)c2ncoc2C)C[C@H]1C(=O)O. The van der Waals surface area contributed by atoms with Crippen LogP contribution in [-0.2, 0) is 4.79 Å². The predicted molar refractivity (Wildman–Crippen MR) is 84.0 cm³/mol. The number of aromatic nitrogens is 1. The number of ether oxygens (including phenoxy) is 1. The molecular formula is C17H18N2O5. The second kappa shape index (κ2) is 6.35. The average Bonchev–Trinajstić information content (AvgIpc) is 3.20. The third-order valence-electron chi connectivity index (χ3n) is 4.41. The van der Waals surface area contributed by atoms with Gasteiger partial charge in [0, 0.05) is 19.0 Å². The van der Waals surface area contributed by atoms with E-state index >= 15 is 0 Å². The largest absolute Gasteiger partial charge is 0.496 e. The van der Waals surface area contributed by atoms with Crippen LogP contribution < -0.4 is 4.74 Å². The van der Waals surface area contributed by atoms with Gasteiger partial charge in [-0.15, -0.1) is 0 Å². The van der Waals surface area contributed by atoms with Crippen LogP contribution >= 0.6 is 0 Å². The Bertz CT molecular complexity index is 770. The molecule has 0 radical (unpaired) electrons. The molecule has 2 atom stereocenters. The molecule has 1 amide bonds. The number of carboxylic acids is 1. The topological polar surface area (TPSA) is 92.9 Å². The summed E-state index contributed by atoms with van der Waals surface area (Å²) in [6.07, 6.45) is 1.21. The molecule has 0 saturated carbocycles. The molecule has 24 heavy (non-hydrogen) atoms. The Labute approximate surface area is 138 Å². The molecular weight excluding hydrogens is 312 g/mol. The number of aryl methyl sites for hydroxylation is 1. The molecule has 2 heterocycles. The van der Waals surface area contributed by atoms with E-state index in [0.717, 1.165) is 5.56 Å². The summed E-state index contributed by atoms with van der Waals surface area (Å²) in [4.78, 5) is 29.7. The van der Waals surface area contributed by atoms with E-state index < -0.39 is 11.9 Å². The highest BCUT2D eigenvalue weighted by Gasteiger charge is 2.42. The highest BCUT2D eigenvalue weighted by atomic mass is 16.5. The lowest BCUT2D eigenvalue weighted by molar-refractivity contribution is -0.141. The number of carbonyl (C=O) groups is 2. The summed E-state index contributed by atoms with van der Waals surface area (Å²) >= 11 is 0. The Morgan fingerprint density at radius 2 is 2.08 bits per heavy atom. The number of benzene rings is 1. The van der Waals surface area contributed by atoms with Gasteiger partial charge in [0.2, 0.25) is 0 Å². The van der Waals surface area contributed by atoms with Crippen LogP contribution in [0.3, 0.4) is 0 Å². The normalized spacial score (nSPS) is 20.2. The third-order valence-corrected chi connectivity index (χ3v) is 4.41. The first-order valence-corrected chi connectivity index (χ1v) is 7.58. The zero-order valence-electron chi connectivity index (χ0n) is 13.4. The van der Waals surface area contributed by atoms with Crippen LogP contribution in [0.25, 0.3) is 0 Å². The number of aliphatic carboxylic acids is 1. The number of carbonyl (C=O) groups excluding carboxylic acids is 1. The van der Waals surface area contributed by atoms with E-state index in [4.69, 9.17) is 9.15 Å². The monoisotopic (exact) mass is 330 g/mol. The van der Waals surface area contributed by atoms with Crippen molar-refractivity contribution in [1.29, 1.82) is 0 Å². The minimum atomic E-state index is -0.932. The fraction of sp³-hybridized carbons (Fsp3) is 0.353. The molecule has 7 heteroatoms. The number of amides is 1. The van der Waals surface area contributed by atoms with Crippen molar-refractivity contribution >= 4 is 11.9 Å². The fourth-order valence-electron chi connectivity index (χ4n) is 3.17. The number of hydrogen-bond acceptors (Lipinski definition) is 5. The van der Waals surface area contributed by atoms with Crippen LogP contribution in [0.4, 0.5) is 0 Å². The van der Waals surface area contributed by atoms with Crippen LogP contribution in [0, 0.1) is 12.8 Å². The van der Waals surface area contributed by atoms with E-state index in [9.17, 15) is 14.7 Å². The van der Waals surface area contributed by atoms with Crippen LogP contribution in [0.2, 0.25) is 0 Å². The van der Waals surface area contributed by atoms with Gasteiger partial charge in [0.15, 0.2) is 12.1 Å². The molecule has 1 saturated heterocycles. The van der Waals surface area contributed by atoms with Gasteiger partial charge < -0.3 is 19.2 Å². The molecule has 1 fully saturated rings. The van der Waals surface area contributed by atoms with Gasteiger partial charge in [0.05, 0.1) is 13.0 Å². The smallest absolute Gasteiger partial charge is 0.308 e. The van der Waals surface area contributed by atoms with Crippen LogP contribution in [0.15, 0.2) is 35.1 Å². The maximum absolute atomic E-state index is 12.6. The van der Waals surface area contributed by atoms with E-state index in [0.29, 0.717) is 18.1 Å². The zero-order valence-corrected chi connectivity index (χ0v) is 13.4. The van der Waals surface area contributed by atoms with Gasteiger partial charge in [0.1, 0.15) is 11.5 Å². The van der Waals surface area contributed by atoms with Gasteiger partial charge >= 0.3 is 5.97 Å². The molecule has 0 bridgehead atoms. The summed E-state index contributed by atoms with van der Waals surface area (Å²) in [6, 6.07) is 7.30. The lowest BCUT2D eigenvalue weighted by atomic mass is 9.88. The third kappa shape index (κ3) is 2.73. The minimum Gasteiger partial charge on any atom is -0.496 e. The number of nitrogens with zero attached hydrogens (tertiary/aromatic N) is 2. The lowest BCUT2D eigenvalue weighted by Crippen LogP contribution is -2.30. The van der Waals surface area contributed by atoms with Crippen LogP contribution in [0.5, 0.6) is 5.75 Å². The highest BCUT2D eigenvalue weighted by molar-refractivity contribution is 5.94. The van der Waals surface area contributed by atoms with Gasteiger partial charge in [-0.25, -0.2) is 4.98 Å². The number of hydrogen-bond donors (Lipinski definition) is 1. The Balaban J connectivity index is 1.91. The maximum atomic E-state index is 12.6. The van der Waals surface area contributed by atoms with E-state index in [1.807, 2.05) is 18.2 Å². The van der Waals surface area contributed by atoms with E-state index in [2.05, 4.69) is 4.98 Å². The zero-order chi connectivity index (χ0) is 17.3. The number of rotatable bonds is 4. The van der Waals surface area contributed by atoms with E-state index in [1.54, 1.807) is 20.1 Å². The number of likely N-dealkylation sites (tertiary alicyclic amines) is 1. The first-order valence-electron chi connectivity index (χ1n) is 7.58. The number of oxazole rings is 1. The molecule has 1 aliphatic heterocycles. The molecule has 7 nitrogen and oxygen atoms in total. The van der Waals surface area contributed by atoms with Crippen molar-refractivity contribution in [3.8, 4) is 5.75 Å². The summed E-state index contributed by atoms with van der Waals surface area (Å²) in [6.45, 7) is 2.08. The summed E-state index contributed by atoms with van der Waals surface area (Å²) in [5.41, 5.74) is 1.01. The first-order chi connectivity index (χ1) is 11.5. The van der Waals surface area contributed by atoms with Crippen molar-refractivity contribution < 1.29 is 23.8 Å². The summed E-state index contributed by atoms with van der Waals surface area (Å²) in [5.74, 6) is -1.23. The second-order valence-electron chi connectivity index (χ2n) is 5.76. The molecule has 1 aliphatic rings. The molecule has 1 aromatic heterocycles. The number of carboxylic acid groups (broad SMARTS) is 1. The summed E-state index contributed by atoms with van der Waals surface area (Å²) < 4.78 is 10.4. The van der Waals surface area contributed by atoms with Gasteiger partial charge in [-0.2, -0.15) is 0 Å². The summed E-state index contributed by atoms with van der Waals surface area (Å²) in [7, 11) is 1.55. The predicted octanol–water partition coefficient (Wildman–Crippen LogP) is 1.93. The number of para-hydroxylation sites is 1. The van der Waals surface area contributed by atoms with E-state index in [1.165, 1.54) is 11.3 Å². The van der Waals surface area contributed by atoms with Crippen molar-refractivity contribution in [3.05, 3.63) is 47.7 Å². The fourth-order valence-corrected chi connectivity index (χ4v) is 3.17. The highest BCUT2D eigenvalue weighted by Crippen LogP contribution is 2.38. The lowest BCUT2D eigenvalue weighted by Gasteiger charge is -2.18. The summed E-state index contributed by atoms with van der Waals surface area (Å²) in [5, 5.41) is 9.58. The Hall–Kier alpha value is -2.83. The van der Waals surface area contributed by atoms with Gasteiger partial charge in [0.25, 0.3) is 5.91 Å². The maximum Gasteiger partial charge on any atom is 0.308 e. The average molecular weight is 330 g/mol. The molecule has 2 aromatic rings. The molecule has 3 rings (SSSR count). The first kappa shape index (κ1) is 16.0. The Kier molecular flexibility index (Phi) is 4.24. The Morgan fingerprint density at radius 1 is 1.33 bits per heavy atom. The number of methoxy groups -OCH3 is 1. The molecule has 0 spiro atoms. The van der Waals surface area contributed by atoms with Crippen LogP contribution in [-0.4, -0.2) is 47.1 Å². The van der Waals surface area contributed by atoms with Crippen molar-refractivity contribution in [3.63, 3.8) is 0 Å². The van der Waals surface area contributed by atoms with Crippen molar-refractivity contribution in [2.45, 2.75) is 12.8 Å². The van der Waals surface area contributed by atoms with Crippen molar-refractivity contribution in [2.24, 2.45) is 5.92 Å². The molecule has 0 aliphatic carbocycles. The van der Waals surface area contributed by atoms with Crippen molar-refractivity contribution in [1.82, 2.24) is 9.88 Å². The van der Waals surface area contributed by atoms with Gasteiger partial charge in [-0.3, -0.25) is 9.59 Å². The van der Waals surface area contributed by atoms with Gasteiger partial charge in [-0.1, -0.05) is 18.2 Å². The molecule has 0 unspecified atom stereocenters. The standard InChI is InChI=1S/C17H18N2O5/c1-10-15(18-9-24-10)16(20)19-7-12(13(8-19)17(21)22)11-5-3-4-6-14(11)23-2/h3-6,9,12-13H,7-8H2,1-2H3,(H,21,22)/t12-,13+/m0/s1. The molecule has 1 aromatic carbocycles. The minimum absolute atomic E-state index is 0.128.